The van der Waals surface area contributed by atoms with Crippen LogP contribution in [0.5, 0.6) is 0 Å². The summed E-state index contributed by atoms with van der Waals surface area (Å²) in [5, 5.41) is 1.30. The highest BCUT2D eigenvalue weighted by molar-refractivity contribution is 6.07. The third-order valence-corrected chi connectivity index (χ3v) is 7.97. The number of fused-ring (bicyclic) bond motifs is 1. The molecule has 1 aromatic carbocycles. The average Bonchev–Trinajstić information content (AvgIpc) is 3.38. The summed E-state index contributed by atoms with van der Waals surface area (Å²) in [6.45, 7) is 8.97. The van der Waals surface area contributed by atoms with E-state index >= 15 is 0 Å². The van der Waals surface area contributed by atoms with Crippen molar-refractivity contribution in [3.63, 3.8) is 0 Å². The van der Waals surface area contributed by atoms with Crippen LogP contribution in [0, 0.1) is 5.92 Å². The summed E-state index contributed by atoms with van der Waals surface area (Å²) < 4.78 is 0. The van der Waals surface area contributed by atoms with E-state index in [0.29, 0.717) is 31.3 Å². The van der Waals surface area contributed by atoms with Gasteiger partial charge in [0.2, 0.25) is 0 Å². The van der Waals surface area contributed by atoms with Crippen LogP contribution in [0.3, 0.4) is 0 Å². The van der Waals surface area contributed by atoms with Crippen LogP contribution < -0.4 is 0 Å². The zero-order valence-corrected chi connectivity index (χ0v) is 21.6. The SMILES string of the molecule is CC(C)CN1C(=O)N(Cc2ccccn2)C(=O)C12CCN(C(C)CCc1c[nH]c3ccccc13)CC2. The second-order valence-electron chi connectivity index (χ2n) is 10.8. The van der Waals surface area contributed by atoms with E-state index in [1.807, 2.05) is 23.1 Å². The van der Waals surface area contributed by atoms with Crippen molar-refractivity contribution in [3.8, 4) is 0 Å². The number of para-hydroxylation sites is 1. The first kappa shape index (κ1) is 24.5. The van der Waals surface area contributed by atoms with Gasteiger partial charge in [-0.15, -0.1) is 0 Å². The molecular formula is C29H37N5O2. The fraction of sp³-hybridized carbons (Fsp3) is 0.483. The molecule has 0 aliphatic carbocycles. The first-order valence-electron chi connectivity index (χ1n) is 13.2. The van der Waals surface area contributed by atoms with Gasteiger partial charge in [0.15, 0.2) is 0 Å². The Kier molecular flexibility index (Phi) is 6.84. The fourth-order valence-corrected chi connectivity index (χ4v) is 5.90. The van der Waals surface area contributed by atoms with Gasteiger partial charge in [0.1, 0.15) is 5.54 Å². The highest BCUT2D eigenvalue weighted by Crippen LogP contribution is 2.39. The number of amides is 3. The summed E-state index contributed by atoms with van der Waals surface area (Å²) in [6, 6.07) is 14.3. The minimum Gasteiger partial charge on any atom is -0.361 e. The van der Waals surface area contributed by atoms with Gasteiger partial charge in [-0.05, 0) is 62.3 Å². The standard InChI is InChI=1S/C29H37N5O2/c1-21(2)19-34-28(36)33(20-24-8-6-7-15-30-24)27(35)29(34)13-16-32(17-14-29)22(3)11-12-23-18-31-26-10-5-4-9-25(23)26/h4-10,15,18,21-22,31H,11-14,16-17,19-20H2,1-3H3. The van der Waals surface area contributed by atoms with Crippen molar-refractivity contribution in [2.45, 2.75) is 64.6 Å². The van der Waals surface area contributed by atoms with Gasteiger partial charge in [-0.25, -0.2) is 4.79 Å². The van der Waals surface area contributed by atoms with Crippen molar-refractivity contribution in [1.82, 2.24) is 24.7 Å². The zero-order valence-electron chi connectivity index (χ0n) is 21.6. The average molecular weight is 488 g/mol. The molecule has 2 fully saturated rings. The van der Waals surface area contributed by atoms with Gasteiger partial charge in [-0.2, -0.15) is 0 Å². The Morgan fingerprint density at radius 3 is 2.50 bits per heavy atom. The lowest BCUT2D eigenvalue weighted by Gasteiger charge is -2.44. The molecule has 1 spiro atoms. The number of rotatable bonds is 8. The van der Waals surface area contributed by atoms with Crippen LogP contribution in [0.1, 0.15) is 51.3 Å². The first-order valence-corrected chi connectivity index (χ1v) is 13.2. The summed E-state index contributed by atoms with van der Waals surface area (Å²) in [5.41, 5.74) is 2.55. The normalized spacial score (nSPS) is 19.2. The summed E-state index contributed by atoms with van der Waals surface area (Å²) in [4.78, 5) is 40.8. The van der Waals surface area contributed by atoms with E-state index in [9.17, 15) is 9.59 Å². The molecule has 0 radical (unpaired) electrons. The topological polar surface area (TPSA) is 72.5 Å². The maximum absolute atomic E-state index is 13.8. The number of H-pyrrole nitrogens is 1. The zero-order chi connectivity index (χ0) is 25.3. The summed E-state index contributed by atoms with van der Waals surface area (Å²) in [7, 11) is 0. The molecule has 190 valence electrons. The number of aryl methyl sites for hydroxylation is 1. The monoisotopic (exact) mass is 487 g/mol. The lowest BCUT2D eigenvalue weighted by molar-refractivity contribution is -0.136. The predicted octanol–water partition coefficient (Wildman–Crippen LogP) is 4.84. The molecule has 0 bridgehead atoms. The molecule has 1 unspecified atom stereocenters. The number of carbonyl (C=O) groups excluding carboxylic acids is 2. The Bertz CT molecular complexity index is 1210. The molecule has 3 aromatic rings. The van der Waals surface area contributed by atoms with Gasteiger partial charge in [0.25, 0.3) is 5.91 Å². The Balaban J connectivity index is 1.26. The largest absolute Gasteiger partial charge is 0.361 e. The van der Waals surface area contributed by atoms with Gasteiger partial charge < -0.3 is 14.8 Å². The number of nitrogens with zero attached hydrogens (tertiary/aromatic N) is 4. The number of urea groups is 1. The van der Waals surface area contributed by atoms with E-state index in [1.165, 1.54) is 21.4 Å². The molecule has 1 N–H and O–H groups in total. The number of aromatic amines is 1. The Morgan fingerprint density at radius 2 is 1.78 bits per heavy atom. The van der Waals surface area contributed by atoms with E-state index < -0.39 is 5.54 Å². The molecule has 2 saturated heterocycles. The molecule has 4 heterocycles. The van der Waals surface area contributed by atoms with E-state index in [0.717, 1.165) is 31.6 Å². The summed E-state index contributed by atoms with van der Waals surface area (Å²) in [5.74, 6) is 0.242. The molecule has 0 saturated carbocycles. The molecule has 1 atom stereocenters. The van der Waals surface area contributed by atoms with Gasteiger partial charge in [-0.1, -0.05) is 38.1 Å². The number of piperidine rings is 1. The maximum atomic E-state index is 13.8. The van der Waals surface area contributed by atoms with Crippen LogP contribution in [-0.4, -0.2) is 67.8 Å². The van der Waals surface area contributed by atoms with Crippen LogP contribution >= 0.6 is 0 Å². The molecule has 7 nitrogen and oxygen atoms in total. The molecule has 7 heteroatoms. The summed E-state index contributed by atoms with van der Waals surface area (Å²) >= 11 is 0. The first-order chi connectivity index (χ1) is 17.4. The second kappa shape index (κ2) is 10.1. The van der Waals surface area contributed by atoms with Gasteiger partial charge in [0.05, 0.1) is 12.2 Å². The lowest BCUT2D eigenvalue weighted by Crippen LogP contribution is -2.58. The molecule has 2 aliphatic heterocycles. The minimum atomic E-state index is -0.733. The van der Waals surface area contributed by atoms with Gasteiger partial charge in [-0.3, -0.25) is 14.7 Å². The van der Waals surface area contributed by atoms with E-state index in [2.05, 4.69) is 66.1 Å². The molecule has 2 aliphatic rings. The van der Waals surface area contributed by atoms with E-state index in [4.69, 9.17) is 0 Å². The van der Waals surface area contributed by atoms with Crippen LogP contribution in [-0.2, 0) is 17.8 Å². The smallest absolute Gasteiger partial charge is 0.328 e. The molecule has 5 rings (SSSR count). The third-order valence-electron chi connectivity index (χ3n) is 7.97. The minimum absolute atomic E-state index is 0.0510. The van der Waals surface area contributed by atoms with Crippen molar-refractivity contribution >= 4 is 22.8 Å². The number of nitrogens with one attached hydrogen (secondary N) is 1. The maximum Gasteiger partial charge on any atom is 0.328 e. The number of hydrogen-bond acceptors (Lipinski definition) is 4. The van der Waals surface area contributed by atoms with Crippen LogP contribution in [0.25, 0.3) is 10.9 Å². The highest BCUT2D eigenvalue weighted by Gasteiger charge is 2.58. The number of carbonyl (C=O) groups is 2. The molecule has 2 aromatic heterocycles. The number of aromatic nitrogens is 2. The quantitative estimate of drug-likeness (QED) is 0.462. The van der Waals surface area contributed by atoms with Crippen molar-refractivity contribution in [2.24, 2.45) is 5.92 Å². The van der Waals surface area contributed by atoms with E-state index in [-0.39, 0.29) is 18.5 Å². The fourth-order valence-electron chi connectivity index (χ4n) is 5.90. The molecule has 3 amide bonds. The number of likely N-dealkylation sites (tertiary alicyclic amines) is 1. The number of hydrogen-bond donors (Lipinski definition) is 1. The molecule has 36 heavy (non-hydrogen) atoms. The Labute approximate surface area is 213 Å². The van der Waals surface area contributed by atoms with Crippen molar-refractivity contribution in [2.75, 3.05) is 19.6 Å². The van der Waals surface area contributed by atoms with E-state index in [1.54, 1.807) is 6.20 Å². The second-order valence-corrected chi connectivity index (χ2v) is 10.8. The van der Waals surface area contributed by atoms with Crippen molar-refractivity contribution in [1.29, 1.82) is 0 Å². The third kappa shape index (κ3) is 4.52. The predicted molar refractivity (Wildman–Crippen MR) is 141 cm³/mol. The summed E-state index contributed by atoms with van der Waals surface area (Å²) in [6.07, 6.45) is 7.27. The van der Waals surface area contributed by atoms with Crippen LogP contribution in [0.15, 0.2) is 54.9 Å². The highest BCUT2D eigenvalue weighted by atomic mass is 16.2. The van der Waals surface area contributed by atoms with Crippen molar-refractivity contribution in [3.05, 3.63) is 66.1 Å². The number of imide groups is 1. The van der Waals surface area contributed by atoms with Gasteiger partial charge in [0, 0.05) is 49.0 Å². The van der Waals surface area contributed by atoms with Gasteiger partial charge >= 0.3 is 6.03 Å². The van der Waals surface area contributed by atoms with Crippen molar-refractivity contribution < 1.29 is 9.59 Å². The Morgan fingerprint density at radius 1 is 1.03 bits per heavy atom. The Hall–Kier alpha value is -3.19. The lowest BCUT2D eigenvalue weighted by atomic mass is 9.84. The van der Waals surface area contributed by atoms with Crippen LogP contribution in [0.4, 0.5) is 4.79 Å². The molecular weight excluding hydrogens is 450 g/mol. The van der Waals surface area contributed by atoms with Crippen LogP contribution in [0.2, 0.25) is 0 Å². The number of benzene rings is 1. The number of pyridine rings is 1.